The molecule has 1 saturated heterocycles. The summed E-state index contributed by atoms with van der Waals surface area (Å²) in [5.41, 5.74) is 5.50. The van der Waals surface area contributed by atoms with Gasteiger partial charge < -0.3 is 10.6 Å². The molecule has 2 unspecified atom stereocenters. The minimum atomic E-state index is -2.93. The van der Waals surface area contributed by atoms with Crippen molar-refractivity contribution in [2.24, 2.45) is 11.7 Å². The van der Waals surface area contributed by atoms with Gasteiger partial charge in [-0.25, -0.2) is 8.42 Å². The number of hydrogen-bond acceptors (Lipinski definition) is 5. The molecule has 0 aromatic carbocycles. The molecule has 1 aliphatic rings. The van der Waals surface area contributed by atoms with Crippen LogP contribution in [0.3, 0.4) is 0 Å². The second-order valence-corrected chi connectivity index (χ2v) is 8.18. The fraction of sp³-hybridized carbons (Fsp3) is 0.909. The van der Waals surface area contributed by atoms with Crippen molar-refractivity contribution in [3.63, 3.8) is 0 Å². The molecule has 0 radical (unpaired) electrons. The minimum absolute atomic E-state index is 0.00585. The molecule has 0 saturated carbocycles. The van der Waals surface area contributed by atoms with Crippen LogP contribution in [0.2, 0.25) is 0 Å². The molecule has 1 rings (SSSR count). The monoisotopic (exact) mass is 294 g/mol. The van der Waals surface area contributed by atoms with E-state index >= 15 is 0 Å². The van der Waals surface area contributed by atoms with Gasteiger partial charge in [0.25, 0.3) is 0 Å². The SMILES string of the molecule is CC(CN)CSCC(=O)N(C)C1CCS(=O)(=O)C1. The van der Waals surface area contributed by atoms with E-state index in [0.717, 1.165) is 5.75 Å². The van der Waals surface area contributed by atoms with Crippen molar-refractivity contribution in [1.82, 2.24) is 4.90 Å². The molecular formula is C11H22N2O3S2. The van der Waals surface area contributed by atoms with Crippen LogP contribution >= 0.6 is 11.8 Å². The maximum absolute atomic E-state index is 11.9. The highest BCUT2D eigenvalue weighted by Crippen LogP contribution is 2.18. The van der Waals surface area contributed by atoms with Crippen LogP contribution < -0.4 is 5.73 Å². The van der Waals surface area contributed by atoms with E-state index in [2.05, 4.69) is 0 Å². The molecule has 1 aliphatic heterocycles. The summed E-state index contributed by atoms with van der Waals surface area (Å²) in [5.74, 6) is 1.98. The lowest BCUT2D eigenvalue weighted by Crippen LogP contribution is -2.39. The summed E-state index contributed by atoms with van der Waals surface area (Å²) in [6.45, 7) is 2.67. The van der Waals surface area contributed by atoms with Crippen LogP contribution in [0.25, 0.3) is 0 Å². The Morgan fingerprint density at radius 3 is 2.72 bits per heavy atom. The average Bonchev–Trinajstić information content (AvgIpc) is 2.68. The van der Waals surface area contributed by atoms with Gasteiger partial charge in [0.2, 0.25) is 5.91 Å². The maximum Gasteiger partial charge on any atom is 0.232 e. The highest BCUT2D eigenvalue weighted by Gasteiger charge is 2.32. The Bertz CT molecular complexity index is 384. The molecule has 0 aliphatic carbocycles. The Balaban J connectivity index is 2.34. The average molecular weight is 294 g/mol. The lowest BCUT2D eigenvalue weighted by molar-refractivity contribution is -0.128. The zero-order valence-corrected chi connectivity index (χ0v) is 12.6. The number of sulfone groups is 1. The number of nitrogens with two attached hydrogens (primary N) is 1. The van der Waals surface area contributed by atoms with Crippen LogP contribution in [0.15, 0.2) is 0 Å². The molecule has 1 amide bonds. The first kappa shape index (κ1) is 15.8. The van der Waals surface area contributed by atoms with Crippen LogP contribution in [-0.4, -0.2) is 61.9 Å². The first-order valence-corrected chi connectivity index (χ1v) is 9.07. The van der Waals surface area contributed by atoms with Crippen LogP contribution in [0.1, 0.15) is 13.3 Å². The number of hydrogen-bond donors (Lipinski definition) is 1. The van der Waals surface area contributed by atoms with Crippen LogP contribution in [-0.2, 0) is 14.6 Å². The predicted octanol–water partition coefficient (Wildman–Crippen LogP) is -0.0401. The number of nitrogens with zero attached hydrogens (tertiary/aromatic N) is 1. The zero-order valence-electron chi connectivity index (χ0n) is 11.0. The van der Waals surface area contributed by atoms with Gasteiger partial charge in [0.05, 0.1) is 17.3 Å². The van der Waals surface area contributed by atoms with Gasteiger partial charge in [0, 0.05) is 13.1 Å². The van der Waals surface area contributed by atoms with Gasteiger partial charge in [-0.15, -0.1) is 0 Å². The second kappa shape index (κ2) is 6.77. The third kappa shape index (κ3) is 4.78. The largest absolute Gasteiger partial charge is 0.341 e. The fourth-order valence-electron chi connectivity index (χ4n) is 1.80. The van der Waals surface area contributed by atoms with Crippen LogP contribution in [0, 0.1) is 5.92 Å². The third-order valence-electron chi connectivity index (χ3n) is 3.18. The molecule has 0 bridgehead atoms. The molecule has 5 nitrogen and oxygen atoms in total. The van der Waals surface area contributed by atoms with Gasteiger partial charge >= 0.3 is 0 Å². The van der Waals surface area contributed by atoms with Gasteiger partial charge in [-0.2, -0.15) is 11.8 Å². The van der Waals surface area contributed by atoms with Crippen LogP contribution in [0.4, 0.5) is 0 Å². The number of thioether (sulfide) groups is 1. The predicted molar refractivity (Wildman–Crippen MR) is 75.4 cm³/mol. The lowest BCUT2D eigenvalue weighted by atomic mass is 10.2. The number of amides is 1. The van der Waals surface area contributed by atoms with Crippen molar-refractivity contribution in [1.29, 1.82) is 0 Å². The molecule has 0 aromatic rings. The fourth-order valence-corrected chi connectivity index (χ4v) is 4.61. The van der Waals surface area contributed by atoms with Gasteiger partial charge in [0.15, 0.2) is 9.84 Å². The highest BCUT2D eigenvalue weighted by atomic mass is 32.2. The zero-order chi connectivity index (χ0) is 13.8. The van der Waals surface area contributed by atoms with Crippen molar-refractivity contribution < 1.29 is 13.2 Å². The van der Waals surface area contributed by atoms with E-state index in [1.54, 1.807) is 23.7 Å². The topological polar surface area (TPSA) is 80.5 Å². The summed E-state index contributed by atoms with van der Waals surface area (Å²) < 4.78 is 22.7. The van der Waals surface area contributed by atoms with E-state index < -0.39 is 9.84 Å². The quantitative estimate of drug-likeness (QED) is 0.743. The molecule has 0 aromatic heterocycles. The summed E-state index contributed by atoms with van der Waals surface area (Å²) >= 11 is 1.56. The van der Waals surface area contributed by atoms with Crippen molar-refractivity contribution in [3.8, 4) is 0 Å². The summed E-state index contributed by atoms with van der Waals surface area (Å²) in [6, 6.07) is -0.143. The van der Waals surface area contributed by atoms with Crippen molar-refractivity contribution in [3.05, 3.63) is 0 Å². The highest BCUT2D eigenvalue weighted by molar-refractivity contribution is 7.99. The van der Waals surface area contributed by atoms with Crippen LogP contribution in [0.5, 0.6) is 0 Å². The number of rotatable bonds is 6. The van der Waals surface area contributed by atoms with Gasteiger partial charge in [0.1, 0.15) is 0 Å². The Morgan fingerprint density at radius 2 is 2.22 bits per heavy atom. The summed E-state index contributed by atoms with van der Waals surface area (Å²) in [6.07, 6.45) is 0.564. The standard InChI is InChI=1S/C11H22N2O3S2/c1-9(5-12)6-17-7-11(14)13(2)10-3-4-18(15,16)8-10/h9-10H,3-8,12H2,1-2H3. The first-order chi connectivity index (χ1) is 8.35. The Kier molecular flexibility index (Phi) is 5.94. The molecule has 106 valence electrons. The minimum Gasteiger partial charge on any atom is -0.341 e. The Hall–Kier alpha value is -0.270. The van der Waals surface area contributed by atoms with Gasteiger partial charge in [-0.3, -0.25) is 4.79 Å². The Labute approximate surface area is 113 Å². The third-order valence-corrected chi connectivity index (χ3v) is 6.19. The Morgan fingerprint density at radius 1 is 1.56 bits per heavy atom. The molecule has 2 atom stereocenters. The number of carbonyl (C=O) groups excluding carboxylic acids is 1. The summed E-state index contributed by atoms with van der Waals surface area (Å²) in [4.78, 5) is 13.5. The van der Waals surface area contributed by atoms with Crippen molar-refractivity contribution in [2.45, 2.75) is 19.4 Å². The second-order valence-electron chi connectivity index (χ2n) is 4.92. The molecule has 18 heavy (non-hydrogen) atoms. The van der Waals surface area contributed by atoms with E-state index in [4.69, 9.17) is 5.73 Å². The van der Waals surface area contributed by atoms with E-state index in [-0.39, 0.29) is 23.5 Å². The van der Waals surface area contributed by atoms with Gasteiger partial charge in [-0.1, -0.05) is 6.92 Å². The van der Waals surface area contributed by atoms with Crippen molar-refractivity contribution >= 4 is 27.5 Å². The van der Waals surface area contributed by atoms with E-state index in [1.165, 1.54) is 0 Å². The normalized spacial score (nSPS) is 23.8. The van der Waals surface area contributed by atoms with E-state index in [9.17, 15) is 13.2 Å². The molecule has 1 fully saturated rings. The molecule has 7 heteroatoms. The van der Waals surface area contributed by atoms with Gasteiger partial charge in [-0.05, 0) is 24.6 Å². The number of carbonyl (C=O) groups is 1. The van der Waals surface area contributed by atoms with E-state index in [0.29, 0.717) is 24.6 Å². The molecule has 1 heterocycles. The van der Waals surface area contributed by atoms with E-state index in [1.807, 2.05) is 6.92 Å². The maximum atomic E-state index is 11.9. The molecule has 2 N–H and O–H groups in total. The molecular weight excluding hydrogens is 272 g/mol. The summed E-state index contributed by atoms with van der Waals surface area (Å²) in [5, 5.41) is 0. The van der Waals surface area contributed by atoms with Crippen molar-refractivity contribution in [2.75, 3.05) is 36.6 Å². The summed E-state index contributed by atoms with van der Waals surface area (Å²) in [7, 11) is -1.23. The smallest absolute Gasteiger partial charge is 0.232 e. The molecule has 0 spiro atoms. The first-order valence-electron chi connectivity index (χ1n) is 6.09. The lowest BCUT2D eigenvalue weighted by Gasteiger charge is -2.23.